The monoisotopic (exact) mass is 388 g/mol. The SMILES string of the molecule is O=C(c1ccc(-n2ccnc2)cc1Cl)N1Cc2cccn2Cc2ccccc21. The molecule has 0 aliphatic carbocycles. The van der Waals surface area contributed by atoms with Crippen LogP contribution in [-0.4, -0.2) is 20.0 Å². The molecule has 2 aromatic heterocycles. The second kappa shape index (κ2) is 6.69. The second-order valence-electron chi connectivity index (χ2n) is 6.78. The molecule has 28 heavy (non-hydrogen) atoms. The topological polar surface area (TPSA) is 43.1 Å². The van der Waals surface area contributed by atoms with E-state index in [1.165, 1.54) is 0 Å². The van der Waals surface area contributed by atoms with E-state index in [0.717, 1.165) is 29.2 Å². The number of para-hydroxylation sites is 1. The normalized spacial score (nSPS) is 13.0. The van der Waals surface area contributed by atoms with Gasteiger partial charge in [-0.15, -0.1) is 0 Å². The van der Waals surface area contributed by atoms with Crippen molar-refractivity contribution >= 4 is 23.2 Å². The Kier molecular flexibility index (Phi) is 4.02. The Morgan fingerprint density at radius 3 is 2.71 bits per heavy atom. The Morgan fingerprint density at radius 2 is 1.89 bits per heavy atom. The zero-order chi connectivity index (χ0) is 19.1. The number of benzene rings is 2. The fourth-order valence-corrected chi connectivity index (χ4v) is 3.92. The van der Waals surface area contributed by atoms with Gasteiger partial charge in [0.05, 0.1) is 23.5 Å². The second-order valence-corrected chi connectivity index (χ2v) is 7.19. The molecule has 4 aromatic rings. The Morgan fingerprint density at radius 1 is 1.00 bits per heavy atom. The van der Waals surface area contributed by atoms with Crippen molar-refractivity contribution in [1.82, 2.24) is 14.1 Å². The average Bonchev–Trinajstić information content (AvgIpc) is 3.36. The van der Waals surface area contributed by atoms with Crippen LogP contribution in [0.1, 0.15) is 21.6 Å². The van der Waals surface area contributed by atoms with Gasteiger partial charge in [0.1, 0.15) is 0 Å². The van der Waals surface area contributed by atoms with E-state index in [0.29, 0.717) is 17.1 Å². The summed E-state index contributed by atoms with van der Waals surface area (Å²) in [6, 6.07) is 17.5. The lowest BCUT2D eigenvalue weighted by atomic mass is 10.1. The molecule has 0 fully saturated rings. The average molecular weight is 389 g/mol. The highest BCUT2D eigenvalue weighted by atomic mass is 35.5. The smallest absolute Gasteiger partial charge is 0.260 e. The maximum absolute atomic E-state index is 13.5. The van der Waals surface area contributed by atoms with E-state index >= 15 is 0 Å². The Bertz CT molecular complexity index is 1160. The predicted octanol–water partition coefficient (Wildman–Crippen LogP) is 4.54. The minimum atomic E-state index is -0.107. The Hall–Kier alpha value is -3.31. The first-order valence-corrected chi connectivity index (χ1v) is 9.40. The summed E-state index contributed by atoms with van der Waals surface area (Å²) in [6.07, 6.45) is 7.29. The van der Waals surface area contributed by atoms with Crippen molar-refractivity contribution in [2.75, 3.05) is 4.90 Å². The maximum atomic E-state index is 13.5. The summed E-state index contributed by atoms with van der Waals surface area (Å²) < 4.78 is 4.03. The fraction of sp³-hybridized carbons (Fsp3) is 0.0909. The fourth-order valence-electron chi connectivity index (χ4n) is 3.66. The van der Waals surface area contributed by atoms with Crippen molar-refractivity contribution in [3.05, 3.63) is 101 Å². The van der Waals surface area contributed by atoms with Crippen LogP contribution < -0.4 is 4.90 Å². The molecule has 0 saturated carbocycles. The van der Waals surface area contributed by atoms with Crippen LogP contribution in [0.4, 0.5) is 5.69 Å². The van der Waals surface area contributed by atoms with Gasteiger partial charge in [-0.3, -0.25) is 4.79 Å². The zero-order valence-electron chi connectivity index (χ0n) is 15.0. The molecule has 1 aliphatic heterocycles. The molecule has 0 spiro atoms. The van der Waals surface area contributed by atoms with Gasteiger partial charge in [0.25, 0.3) is 5.91 Å². The number of aromatic nitrogens is 3. The summed E-state index contributed by atoms with van der Waals surface area (Å²) in [6.45, 7) is 1.25. The number of amides is 1. The number of carbonyl (C=O) groups is 1. The summed E-state index contributed by atoms with van der Waals surface area (Å²) in [5.74, 6) is -0.107. The van der Waals surface area contributed by atoms with Crippen molar-refractivity contribution in [1.29, 1.82) is 0 Å². The molecule has 0 saturated heterocycles. The van der Waals surface area contributed by atoms with Crippen LogP contribution in [0.3, 0.4) is 0 Å². The molecule has 3 heterocycles. The number of rotatable bonds is 2. The zero-order valence-corrected chi connectivity index (χ0v) is 15.8. The van der Waals surface area contributed by atoms with E-state index < -0.39 is 0 Å². The van der Waals surface area contributed by atoms with Crippen molar-refractivity contribution in [3.8, 4) is 5.69 Å². The number of imidazole rings is 1. The van der Waals surface area contributed by atoms with E-state index in [4.69, 9.17) is 11.6 Å². The minimum absolute atomic E-state index is 0.107. The molecule has 0 bridgehead atoms. The Labute approximate surface area is 167 Å². The van der Waals surface area contributed by atoms with E-state index in [2.05, 4.69) is 21.7 Å². The van der Waals surface area contributed by atoms with Crippen LogP contribution in [0.2, 0.25) is 5.02 Å². The molecule has 0 atom stereocenters. The van der Waals surface area contributed by atoms with Crippen molar-refractivity contribution in [2.45, 2.75) is 13.1 Å². The molecule has 1 aliphatic rings. The molecule has 0 N–H and O–H groups in total. The van der Waals surface area contributed by atoms with Gasteiger partial charge in [-0.25, -0.2) is 4.98 Å². The van der Waals surface area contributed by atoms with Crippen molar-refractivity contribution in [3.63, 3.8) is 0 Å². The van der Waals surface area contributed by atoms with Gasteiger partial charge < -0.3 is 14.0 Å². The number of nitrogens with zero attached hydrogens (tertiary/aromatic N) is 4. The van der Waals surface area contributed by atoms with Gasteiger partial charge in [-0.05, 0) is 42.0 Å². The lowest BCUT2D eigenvalue weighted by molar-refractivity contribution is 0.0985. The summed E-state index contributed by atoms with van der Waals surface area (Å²) in [5, 5.41) is 0.424. The van der Waals surface area contributed by atoms with Gasteiger partial charge in [0.2, 0.25) is 0 Å². The first kappa shape index (κ1) is 16.8. The summed E-state index contributed by atoms with van der Waals surface area (Å²) in [5.41, 5.74) is 4.48. The highest BCUT2D eigenvalue weighted by molar-refractivity contribution is 6.34. The van der Waals surface area contributed by atoms with Crippen LogP contribution in [0.15, 0.2) is 79.5 Å². The largest absolute Gasteiger partial charge is 0.345 e. The molecule has 138 valence electrons. The molecule has 5 rings (SSSR count). The summed E-state index contributed by atoms with van der Waals surface area (Å²) >= 11 is 6.52. The lowest BCUT2D eigenvalue weighted by Crippen LogP contribution is -2.30. The third-order valence-corrected chi connectivity index (χ3v) is 5.41. The number of fused-ring (bicyclic) bond motifs is 2. The van der Waals surface area contributed by atoms with Gasteiger partial charge in [0, 0.05) is 42.2 Å². The molecule has 0 radical (unpaired) electrons. The molecule has 0 unspecified atom stereocenters. The van der Waals surface area contributed by atoms with Crippen LogP contribution in [0, 0.1) is 0 Å². The molecule has 2 aromatic carbocycles. The third-order valence-electron chi connectivity index (χ3n) is 5.10. The predicted molar refractivity (Wildman–Crippen MR) is 109 cm³/mol. The number of carbonyl (C=O) groups excluding carboxylic acids is 1. The quantitative estimate of drug-likeness (QED) is 0.506. The van der Waals surface area contributed by atoms with E-state index in [9.17, 15) is 4.79 Å². The number of hydrogen-bond donors (Lipinski definition) is 0. The third kappa shape index (κ3) is 2.80. The standard InChI is InChI=1S/C22H17ClN4O/c23-20-12-17(26-11-9-24-15-26)7-8-19(20)22(28)27-14-18-5-3-10-25(18)13-16-4-1-2-6-21(16)27/h1-12,15H,13-14H2. The van der Waals surface area contributed by atoms with Gasteiger partial charge in [-0.2, -0.15) is 0 Å². The first-order valence-electron chi connectivity index (χ1n) is 9.02. The number of anilines is 1. The number of hydrogen-bond acceptors (Lipinski definition) is 2. The van der Waals surface area contributed by atoms with Gasteiger partial charge in [0.15, 0.2) is 0 Å². The Balaban J connectivity index is 1.56. The molecular weight excluding hydrogens is 372 g/mol. The molecule has 5 nitrogen and oxygen atoms in total. The highest BCUT2D eigenvalue weighted by Gasteiger charge is 2.26. The van der Waals surface area contributed by atoms with Crippen LogP contribution >= 0.6 is 11.6 Å². The lowest BCUT2D eigenvalue weighted by Gasteiger charge is -2.23. The first-order chi connectivity index (χ1) is 13.7. The summed E-state index contributed by atoms with van der Waals surface area (Å²) in [4.78, 5) is 19.3. The van der Waals surface area contributed by atoms with Crippen LogP contribution in [0.25, 0.3) is 5.69 Å². The summed E-state index contributed by atoms with van der Waals surface area (Å²) in [7, 11) is 0. The van der Waals surface area contributed by atoms with Gasteiger partial charge >= 0.3 is 0 Å². The van der Waals surface area contributed by atoms with Crippen LogP contribution in [-0.2, 0) is 13.1 Å². The molecule has 6 heteroatoms. The maximum Gasteiger partial charge on any atom is 0.260 e. The highest BCUT2D eigenvalue weighted by Crippen LogP contribution is 2.31. The van der Waals surface area contributed by atoms with Crippen LogP contribution in [0.5, 0.6) is 0 Å². The van der Waals surface area contributed by atoms with E-state index in [1.54, 1.807) is 24.7 Å². The number of halogens is 1. The molecular formula is C22H17ClN4O. The van der Waals surface area contributed by atoms with E-state index in [-0.39, 0.29) is 5.91 Å². The molecule has 1 amide bonds. The van der Waals surface area contributed by atoms with E-state index in [1.807, 2.05) is 52.2 Å². The minimum Gasteiger partial charge on any atom is -0.345 e. The van der Waals surface area contributed by atoms with Crippen molar-refractivity contribution < 1.29 is 4.79 Å². The van der Waals surface area contributed by atoms with Crippen molar-refractivity contribution in [2.24, 2.45) is 0 Å². The van der Waals surface area contributed by atoms with Gasteiger partial charge in [-0.1, -0.05) is 29.8 Å².